The molecule has 3 nitrogen and oxygen atoms in total. The zero-order chi connectivity index (χ0) is 12.2. The average molecular weight is 228 g/mol. The maximum absolute atomic E-state index is 6.04. The van der Waals surface area contributed by atoms with E-state index in [2.05, 4.69) is 25.8 Å². The zero-order valence-electron chi connectivity index (χ0n) is 11.3. The van der Waals surface area contributed by atoms with Crippen molar-refractivity contribution in [1.82, 2.24) is 4.90 Å². The summed E-state index contributed by atoms with van der Waals surface area (Å²) in [5.41, 5.74) is 6.26. The average Bonchev–Trinajstić information content (AvgIpc) is 2.73. The first-order chi connectivity index (χ1) is 7.59. The van der Waals surface area contributed by atoms with Crippen molar-refractivity contribution in [2.75, 3.05) is 27.3 Å². The number of rotatable bonds is 6. The number of ether oxygens (including phenoxy) is 1. The molecular weight excluding hydrogens is 200 g/mol. The molecule has 0 aliphatic heterocycles. The molecule has 0 bridgehead atoms. The van der Waals surface area contributed by atoms with Crippen LogP contribution in [0.25, 0.3) is 0 Å². The Balaban J connectivity index is 2.65. The summed E-state index contributed by atoms with van der Waals surface area (Å²) >= 11 is 0. The first-order valence-corrected chi connectivity index (χ1v) is 6.51. The smallest absolute Gasteiger partial charge is 0.0615 e. The van der Waals surface area contributed by atoms with Crippen molar-refractivity contribution in [3.05, 3.63) is 0 Å². The van der Waals surface area contributed by atoms with Gasteiger partial charge < -0.3 is 10.5 Å². The molecule has 0 amide bonds. The van der Waals surface area contributed by atoms with Crippen LogP contribution >= 0.6 is 0 Å². The third-order valence-corrected chi connectivity index (χ3v) is 4.46. The van der Waals surface area contributed by atoms with Gasteiger partial charge >= 0.3 is 0 Å². The second kappa shape index (κ2) is 5.99. The van der Waals surface area contributed by atoms with E-state index in [9.17, 15) is 0 Å². The second-order valence-electron chi connectivity index (χ2n) is 5.36. The number of methoxy groups -OCH3 is 1. The van der Waals surface area contributed by atoms with E-state index in [4.69, 9.17) is 10.5 Å². The third-order valence-electron chi connectivity index (χ3n) is 4.46. The molecule has 0 aromatic heterocycles. The van der Waals surface area contributed by atoms with Crippen LogP contribution < -0.4 is 5.73 Å². The zero-order valence-corrected chi connectivity index (χ0v) is 11.3. The minimum atomic E-state index is 0.221. The predicted octanol–water partition coefficient (Wildman–Crippen LogP) is 1.86. The van der Waals surface area contributed by atoms with Crippen molar-refractivity contribution in [1.29, 1.82) is 0 Å². The monoisotopic (exact) mass is 228 g/mol. The highest BCUT2D eigenvalue weighted by atomic mass is 16.5. The van der Waals surface area contributed by atoms with E-state index in [1.165, 1.54) is 25.7 Å². The van der Waals surface area contributed by atoms with E-state index in [0.717, 1.165) is 19.1 Å². The van der Waals surface area contributed by atoms with Crippen molar-refractivity contribution in [3.63, 3.8) is 0 Å². The van der Waals surface area contributed by atoms with Crippen LogP contribution in [0, 0.1) is 5.92 Å². The molecule has 1 saturated carbocycles. The maximum Gasteiger partial charge on any atom is 0.0615 e. The molecule has 3 heteroatoms. The standard InChI is InChI=1S/C13H28N2O/c1-5-12-6-7-13(8-12,10-14)15(3)11(2)9-16-4/h11-12H,5-10,14H2,1-4H3. The Morgan fingerprint density at radius 1 is 1.56 bits per heavy atom. The molecule has 3 atom stereocenters. The van der Waals surface area contributed by atoms with E-state index in [0.29, 0.717) is 6.04 Å². The number of nitrogens with two attached hydrogens (primary N) is 1. The van der Waals surface area contributed by atoms with Crippen molar-refractivity contribution in [2.24, 2.45) is 11.7 Å². The van der Waals surface area contributed by atoms with Crippen LogP contribution in [0.1, 0.15) is 39.5 Å². The Morgan fingerprint density at radius 3 is 2.69 bits per heavy atom. The Hall–Kier alpha value is -0.120. The van der Waals surface area contributed by atoms with Crippen molar-refractivity contribution < 1.29 is 4.74 Å². The van der Waals surface area contributed by atoms with Crippen molar-refractivity contribution in [3.8, 4) is 0 Å². The van der Waals surface area contributed by atoms with Crippen molar-refractivity contribution in [2.45, 2.75) is 51.1 Å². The number of nitrogens with zero attached hydrogens (tertiary/aromatic N) is 1. The topological polar surface area (TPSA) is 38.5 Å². The summed E-state index contributed by atoms with van der Waals surface area (Å²) in [5, 5.41) is 0. The first kappa shape index (κ1) is 13.9. The normalized spacial score (nSPS) is 32.2. The molecule has 0 radical (unpaired) electrons. The SMILES string of the molecule is CCC1CCC(CN)(N(C)C(C)COC)C1. The summed E-state index contributed by atoms with van der Waals surface area (Å²) in [4.78, 5) is 2.45. The van der Waals surface area contributed by atoms with Gasteiger partial charge in [0, 0.05) is 25.2 Å². The van der Waals surface area contributed by atoms with E-state index in [1.54, 1.807) is 7.11 Å². The Bertz CT molecular complexity index is 210. The van der Waals surface area contributed by atoms with Gasteiger partial charge in [0.05, 0.1) is 6.61 Å². The van der Waals surface area contributed by atoms with Crippen molar-refractivity contribution >= 4 is 0 Å². The Morgan fingerprint density at radius 2 is 2.25 bits per heavy atom. The van der Waals surface area contributed by atoms with Crippen LogP contribution in [0.5, 0.6) is 0 Å². The first-order valence-electron chi connectivity index (χ1n) is 6.51. The summed E-state index contributed by atoms with van der Waals surface area (Å²) in [5.74, 6) is 0.862. The molecule has 96 valence electrons. The Labute approximate surface area is 100 Å². The quantitative estimate of drug-likeness (QED) is 0.754. The van der Waals surface area contributed by atoms with E-state index < -0.39 is 0 Å². The van der Waals surface area contributed by atoms with Crippen LogP contribution in [0.3, 0.4) is 0 Å². The molecule has 0 aromatic carbocycles. The fourth-order valence-corrected chi connectivity index (χ4v) is 3.03. The highest BCUT2D eigenvalue weighted by Gasteiger charge is 2.41. The van der Waals surface area contributed by atoms with E-state index >= 15 is 0 Å². The lowest BCUT2D eigenvalue weighted by molar-refractivity contribution is 0.0388. The van der Waals surface area contributed by atoms with Gasteiger partial charge in [0.2, 0.25) is 0 Å². The van der Waals surface area contributed by atoms with Gasteiger partial charge in [0.1, 0.15) is 0 Å². The molecule has 1 aliphatic carbocycles. The van der Waals surface area contributed by atoms with E-state index in [1.807, 2.05) is 0 Å². The highest BCUT2D eigenvalue weighted by molar-refractivity contribution is 4.99. The van der Waals surface area contributed by atoms with Crippen LogP contribution in [-0.2, 0) is 4.74 Å². The van der Waals surface area contributed by atoms with Crippen LogP contribution in [0.15, 0.2) is 0 Å². The summed E-state index contributed by atoms with van der Waals surface area (Å²) in [7, 11) is 3.97. The molecule has 3 unspecified atom stereocenters. The molecule has 0 spiro atoms. The van der Waals surface area contributed by atoms with Crippen LogP contribution in [0.4, 0.5) is 0 Å². The van der Waals surface area contributed by atoms with Gasteiger partial charge in [-0.2, -0.15) is 0 Å². The summed E-state index contributed by atoms with van der Waals surface area (Å²) in [6.07, 6.45) is 5.11. The minimum absolute atomic E-state index is 0.221. The molecule has 1 aliphatic rings. The number of hydrogen-bond donors (Lipinski definition) is 1. The lowest BCUT2D eigenvalue weighted by Gasteiger charge is -2.42. The van der Waals surface area contributed by atoms with Gasteiger partial charge in [-0.1, -0.05) is 13.3 Å². The fourth-order valence-electron chi connectivity index (χ4n) is 3.03. The maximum atomic E-state index is 6.04. The Kier molecular flexibility index (Phi) is 5.22. The van der Waals surface area contributed by atoms with Crippen LogP contribution in [0.2, 0.25) is 0 Å². The second-order valence-corrected chi connectivity index (χ2v) is 5.36. The predicted molar refractivity (Wildman–Crippen MR) is 68.5 cm³/mol. The molecule has 2 N–H and O–H groups in total. The summed E-state index contributed by atoms with van der Waals surface area (Å²) < 4.78 is 5.24. The largest absolute Gasteiger partial charge is 0.383 e. The number of hydrogen-bond acceptors (Lipinski definition) is 3. The molecule has 0 aromatic rings. The summed E-state index contributed by atoms with van der Waals surface area (Å²) in [6, 6.07) is 0.448. The fraction of sp³-hybridized carbons (Fsp3) is 1.00. The molecular formula is C13H28N2O. The molecule has 0 heterocycles. The lowest BCUT2D eigenvalue weighted by atomic mass is 9.92. The van der Waals surface area contributed by atoms with Gasteiger partial charge in [-0.05, 0) is 39.2 Å². The van der Waals surface area contributed by atoms with Gasteiger partial charge in [-0.25, -0.2) is 0 Å². The van der Waals surface area contributed by atoms with Gasteiger partial charge in [-0.15, -0.1) is 0 Å². The van der Waals surface area contributed by atoms with Gasteiger partial charge in [0.15, 0.2) is 0 Å². The van der Waals surface area contributed by atoms with Gasteiger partial charge in [-0.3, -0.25) is 4.90 Å². The van der Waals surface area contributed by atoms with Gasteiger partial charge in [0.25, 0.3) is 0 Å². The lowest BCUT2D eigenvalue weighted by Crippen LogP contribution is -2.54. The molecule has 1 rings (SSSR count). The van der Waals surface area contributed by atoms with E-state index in [-0.39, 0.29) is 5.54 Å². The third kappa shape index (κ3) is 2.76. The highest BCUT2D eigenvalue weighted by Crippen LogP contribution is 2.40. The minimum Gasteiger partial charge on any atom is -0.383 e. The molecule has 0 saturated heterocycles. The van der Waals surface area contributed by atoms with Crippen LogP contribution in [-0.4, -0.2) is 43.8 Å². The number of likely N-dealkylation sites (N-methyl/N-ethyl adjacent to an activating group) is 1. The molecule has 16 heavy (non-hydrogen) atoms. The summed E-state index contributed by atoms with van der Waals surface area (Å²) in [6.45, 7) is 6.07. The molecule has 1 fully saturated rings.